The molecule has 0 bridgehead atoms. The Hall–Kier alpha value is -4.92. The number of benzene rings is 5. The number of aromatic nitrogens is 2. The first-order chi connectivity index (χ1) is 19.7. The number of para-hydroxylation sites is 3. The first kappa shape index (κ1) is 23.0. The molecule has 2 aromatic heterocycles. The minimum absolute atomic E-state index is 0.853. The van der Waals surface area contributed by atoms with Crippen molar-refractivity contribution in [3.05, 3.63) is 146 Å². The summed E-state index contributed by atoms with van der Waals surface area (Å²) in [7, 11) is -3.06. The van der Waals surface area contributed by atoms with Crippen molar-refractivity contribution in [2.75, 3.05) is 4.90 Å². The molecule has 5 aromatic carbocycles. The largest absolute Gasteiger partial charge is 0.309 e. The van der Waals surface area contributed by atoms with E-state index in [4.69, 9.17) is 0 Å². The van der Waals surface area contributed by atoms with Crippen LogP contribution in [0, 0.1) is 0 Å². The van der Waals surface area contributed by atoms with Crippen LogP contribution in [0.4, 0.5) is 17.1 Å². The van der Waals surface area contributed by atoms with Gasteiger partial charge in [-0.3, -0.25) is 4.98 Å². The summed E-state index contributed by atoms with van der Waals surface area (Å²) in [6.45, 7) is 0. The van der Waals surface area contributed by atoms with Gasteiger partial charge in [0.05, 0.1) is 22.4 Å². The maximum atomic E-state index is 15.1. The molecular formula is C35H24N3OP. The zero-order valence-electron chi connectivity index (χ0n) is 21.6. The Balaban J connectivity index is 1.32. The van der Waals surface area contributed by atoms with Crippen LogP contribution >= 0.6 is 7.14 Å². The third kappa shape index (κ3) is 3.20. The van der Waals surface area contributed by atoms with Crippen molar-refractivity contribution < 1.29 is 4.57 Å². The Morgan fingerprint density at radius 3 is 1.82 bits per heavy atom. The molecule has 7 aromatic rings. The van der Waals surface area contributed by atoms with Gasteiger partial charge in [0.1, 0.15) is 0 Å². The second kappa shape index (κ2) is 8.81. The van der Waals surface area contributed by atoms with E-state index >= 15 is 4.57 Å². The van der Waals surface area contributed by atoms with Crippen LogP contribution in [0.2, 0.25) is 0 Å². The van der Waals surface area contributed by atoms with E-state index in [9.17, 15) is 0 Å². The molecule has 0 unspecified atom stereocenters. The number of rotatable bonds is 3. The highest BCUT2D eigenvalue weighted by Crippen LogP contribution is 2.53. The average Bonchev–Trinajstić information content (AvgIpc) is 3.36. The van der Waals surface area contributed by atoms with Gasteiger partial charge in [-0.1, -0.05) is 72.8 Å². The van der Waals surface area contributed by atoms with Crippen LogP contribution in [0.25, 0.3) is 27.5 Å². The van der Waals surface area contributed by atoms with Crippen molar-refractivity contribution in [3.8, 4) is 5.69 Å². The summed E-state index contributed by atoms with van der Waals surface area (Å²) in [5.41, 5.74) is 6.27. The molecule has 4 nitrogen and oxygen atoms in total. The molecule has 0 radical (unpaired) electrons. The maximum absolute atomic E-state index is 15.1. The molecule has 0 amide bonds. The summed E-state index contributed by atoms with van der Waals surface area (Å²) in [6.07, 6.45) is 3.79. The Morgan fingerprint density at radius 2 is 1.10 bits per heavy atom. The molecule has 0 fully saturated rings. The first-order valence-electron chi connectivity index (χ1n) is 13.3. The highest BCUT2D eigenvalue weighted by molar-refractivity contribution is 7.86. The van der Waals surface area contributed by atoms with Crippen LogP contribution in [0.3, 0.4) is 0 Å². The predicted octanol–water partition coefficient (Wildman–Crippen LogP) is 7.60. The van der Waals surface area contributed by atoms with Crippen molar-refractivity contribution in [1.82, 2.24) is 9.55 Å². The molecule has 1 aliphatic rings. The van der Waals surface area contributed by atoms with Crippen LogP contribution in [-0.4, -0.2) is 9.55 Å². The van der Waals surface area contributed by atoms with Gasteiger partial charge in [0.2, 0.25) is 0 Å². The summed E-state index contributed by atoms with van der Waals surface area (Å²) in [6, 6.07) is 45.3. The van der Waals surface area contributed by atoms with Gasteiger partial charge in [0, 0.05) is 50.5 Å². The molecule has 3 heterocycles. The third-order valence-corrected chi connectivity index (χ3v) is 11.0. The van der Waals surface area contributed by atoms with Gasteiger partial charge in [0.25, 0.3) is 0 Å². The minimum Gasteiger partial charge on any atom is -0.309 e. The number of pyridine rings is 1. The lowest BCUT2D eigenvalue weighted by Gasteiger charge is -2.37. The Bertz CT molecular complexity index is 1990. The van der Waals surface area contributed by atoms with Gasteiger partial charge in [0.15, 0.2) is 7.14 Å². The van der Waals surface area contributed by atoms with E-state index in [0.29, 0.717) is 0 Å². The molecule has 0 saturated heterocycles. The molecule has 40 heavy (non-hydrogen) atoms. The number of hydrogen-bond donors (Lipinski definition) is 0. The summed E-state index contributed by atoms with van der Waals surface area (Å²) in [5.74, 6) is 0. The van der Waals surface area contributed by atoms with Crippen molar-refractivity contribution in [3.63, 3.8) is 0 Å². The standard InChI is InChI=1S/C35H24N3OP/c39-40(27-10-2-1-3-11-27)34-16-8-6-14-32(34)38(33-15-7-9-17-35(33)40)26-20-18-25(19-21-26)37-30-13-5-4-12-28(30)29-24-36-23-22-31(29)37/h1-24H. The first-order valence-corrected chi connectivity index (χ1v) is 15.0. The lowest BCUT2D eigenvalue weighted by Crippen LogP contribution is -2.36. The second-order valence-corrected chi connectivity index (χ2v) is 12.7. The van der Waals surface area contributed by atoms with Crippen molar-refractivity contribution in [2.24, 2.45) is 0 Å². The normalized spacial score (nSPS) is 13.8. The van der Waals surface area contributed by atoms with E-state index in [2.05, 4.69) is 81.2 Å². The highest BCUT2D eigenvalue weighted by atomic mass is 31.2. The van der Waals surface area contributed by atoms with Crippen molar-refractivity contribution in [1.29, 1.82) is 0 Å². The number of nitrogens with zero attached hydrogens (tertiary/aromatic N) is 3. The molecule has 1 aliphatic heterocycles. The molecule has 0 N–H and O–H groups in total. The highest BCUT2D eigenvalue weighted by Gasteiger charge is 2.40. The van der Waals surface area contributed by atoms with Crippen molar-refractivity contribution >= 4 is 61.9 Å². The lowest BCUT2D eigenvalue weighted by molar-refractivity contribution is 0.592. The van der Waals surface area contributed by atoms with E-state index in [0.717, 1.165) is 55.1 Å². The zero-order chi connectivity index (χ0) is 26.7. The smallest absolute Gasteiger partial charge is 0.175 e. The molecule has 0 atom stereocenters. The molecule has 5 heteroatoms. The fourth-order valence-corrected chi connectivity index (χ4v) is 9.13. The summed E-state index contributed by atoms with van der Waals surface area (Å²) in [5, 5.41) is 4.89. The maximum Gasteiger partial charge on any atom is 0.175 e. The van der Waals surface area contributed by atoms with Gasteiger partial charge in [-0.2, -0.15) is 0 Å². The van der Waals surface area contributed by atoms with Crippen LogP contribution in [-0.2, 0) is 4.57 Å². The number of anilines is 3. The molecule has 0 saturated carbocycles. The second-order valence-electron chi connectivity index (χ2n) is 10.0. The van der Waals surface area contributed by atoms with Gasteiger partial charge in [-0.25, -0.2) is 0 Å². The number of hydrogen-bond acceptors (Lipinski definition) is 3. The topological polar surface area (TPSA) is 38.1 Å². The van der Waals surface area contributed by atoms with Gasteiger partial charge in [-0.05, 0) is 60.7 Å². The summed E-state index contributed by atoms with van der Waals surface area (Å²) >= 11 is 0. The zero-order valence-corrected chi connectivity index (χ0v) is 22.4. The fourth-order valence-electron chi connectivity index (χ4n) is 6.14. The van der Waals surface area contributed by atoms with Crippen LogP contribution in [0.5, 0.6) is 0 Å². The molecule has 190 valence electrons. The SMILES string of the molecule is O=P1(c2ccccc2)c2ccccc2N(c2ccc(-n3c4ccccc4c4cnccc43)cc2)c2ccccc21. The van der Waals surface area contributed by atoms with Crippen molar-refractivity contribution in [2.45, 2.75) is 0 Å². The van der Waals surface area contributed by atoms with Gasteiger partial charge < -0.3 is 14.0 Å². The lowest BCUT2D eigenvalue weighted by atomic mass is 10.1. The van der Waals surface area contributed by atoms with Crippen LogP contribution in [0.15, 0.2) is 146 Å². The minimum atomic E-state index is -3.06. The quantitative estimate of drug-likeness (QED) is 0.220. The van der Waals surface area contributed by atoms with E-state index in [1.165, 1.54) is 5.39 Å². The van der Waals surface area contributed by atoms with Crippen LogP contribution in [0.1, 0.15) is 0 Å². The predicted molar refractivity (Wildman–Crippen MR) is 166 cm³/mol. The molecule has 0 spiro atoms. The third-order valence-electron chi connectivity index (χ3n) is 7.88. The summed E-state index contributed by atoms with van der Waals surface area (Å²) in [4.78, 5) is 6.62. The van der Waals surface area contributed by atoms with Gasteiger partial charge in [-0.15, -0.1) is 0 Å². The summed E-state index contributed by atoms with van der Waals surface area (Å²) < 4.78 is 17.4. The molecule has 0 aliphatic carbocycles. The fraction of sp³-hybridized carbons (Fsp3) is 0. The van der Waals surface area contributed by atoms with E-state index in [1.807, 2.05) is 79.1 Å². The van der Waals surface area contributed by atoms with Gasteiger partial charge >= 0.3 is 0 Å². The molecule has 8 rings (SSSR count). The Labute approximate surface area is 232 Å². The Morgan fingerprint density at radius 1 is 0.525 bits per heavy atom. The van der Waals surface area contributed by atoms with E-state index in [1.54, 1.807) is 0 Å². The number of fused-ring (bicyclic) bond motifs is 5. The van der Waals surface area contributed by atoms with E-state index < -0.39 is 7.14 Å². The monoisotopic (exact) mass is 533 g/mol. The Kier molecular flexibility index (Phi) is 5.07. The van der Waals surface area contributed by atoms with Crippen LogP contribution < -0.4 is 20.8 Å². The molecular weight excluding hydrogens is 509 g/mol. The average molecular weight is 534 g/mol. The van der Waals surface area contributed by atoms with E-state index in [-0.39, 0.29) is 0 Å².